The highest BCUT2D eigenvalue weighted by atomic mass is 15.2. The van der Waals surface area contributed by atoms with Crippen LogP contribution in [0.5, 0.6) is 0 Å². The Bertz CT molecular complexity index is 281. The normalized spacial score (nSPS) is 31.6. The fourth-order valence-electron chi connectivity index (χ4n) is 4.89. The van der Waals surface area contributed by atoms with E-state index in [4.69, 9.17) is 0 Å². The standard InChI is InChI=1S/C18H36N2/c1-5-20(16-11-7-6-8-12-16)14-15-10-9-13-18(2,3)17(15)19-4/h15-17,19H,5-14H2,1-4H3. The van der Waals surface area contributed by atoms with E-state index in [0.29, 0.717) is 11.5 Å². The fraction of sp³-hybridized carbons (Fsp3) is 1.00. The Kier molecular flexibility index (Phi) is 5.92. The molecule has 0 saturated heterocycles. The maximum Gasteiger partial charge on any atom is 0.0156 e. The van der Waals surface area contributed by atoms with Crippen molar-refractivity contribution in [3.63, 3.8) is 0 Å². The van der Waals surface area contributed by atoms with Gasteiger partial charge in [-0.25, -0.2) is 0 Å². The molecule has 0 radical (unpaired) electrons. The highest BCUT2D eigenvalue weighted by molar-refractivity contribution is 4.94. The van der Waals surface area contributed by atoms with Gasteiger partial charge in [-0.3, -0.25) is 0 Å². The minimum Gasteiger partial charge on any atom is -0.316 e. The van der Waals surface area contributed by atoms with Crippen LogP contribution in [0.25, 0.3) is 0 Å². The zero-order valence-electron chi connectivity index (χ0n) is 14.3. The molecular weight excluding hydrogens is 244 g/mol. The molecule has 0 amide bonds. The lowest BCUT2D eigenvalue weighted by atomic mass is 9.67. The number of nitrogens with one attached hydrogen (secondary N) is 1. The topological polar surface area (TPSA) is 15.3 Å². The third-order valence-electron chi connectivity index (χ3n) is 5.99. The van der Waals surface area contributed by atoms with Gasteiger partial charge in [0, 0.05) is 18.6 Å². The van der Waals surface area contributed by atoms with Gasteiger partial charge in [0.2, 0.25) is 0 Å². The molecule has 2 atom stereocenters. The molecule has 2 nitrogen and oxygen atoms in total. The molecule has 0 aromatic rings. The van der Waals surface area contributed by atoms with Crippen molar-refractivity contribution in [2.24, 2.45) is 11.3 Å². The van der Waals surface area contributed by atoms with E-state index in [1.54, 1.807) is 0 Å². The van der Waals surface area contributed by atoms with Gasteiger partial charge < -0.3 is 10.2 Å². The first kappa shape index (κ1) is 16.3. The number of nitrogens with zero attached hydrogens (tertiary/aromatic N) is 1. The van der Waals surface area contributed by atoms with Crippen LogP contribution in [0.2, 0.25) is 0 Å². The van der Waals surface area contributed by atoms with Crippen molar-refractivity contribution in [1.82, 2.24) is 10.2 Å². The molecule has 0 aromatic carbocycles. The Balaban J connectivity index is 1.98. The van der Waals surface area contributed by atoms with Gasteiger partial charge in [0.25, 0.3) is 0 Å². The van der Waals surface area contributed by atoms with Crippen LogP contribution in [0.3, 0.4) is 0 Å². The summed E-state index contributed by atoms with van der Waals surface area (Å²) in [7, 11) is 2.17. The first-order valence-electron chi connectivity index (χ1n) is 8.99. The van der Waals surface area contributed by atoms with Crippen LogP contribution in [-0.2, 0) is 0 Å². The molecule has 0 aromatic heterocycles. The molecule has 20 heavy (non-hydrogen) atoms. The van der Waals surface area contributed by atoms with Crippen molar-refractivity contribution in [1.29, 1.82) is 0 Å². The largest absolute Gasteiger partial charge is 0.316 e. The van der Waals surface area contributed by atoms with Crippen LogP contribution in [0, 0.1) is 11.3 Å². The summed E-state index contributed by atoms with van der Waals surface area (Å²) in [5.74, 6) is 0.839. The van der Waals surface area contributed by atoms with E-state index < -0.39 is 0 Å². The second-order valence-corrected chi connectivity index (χ2v) is 7.79. The zero-order chi connectivity index (χ0) is 14.6. The molecule has 0 aliphatic heterocycles. The number of rotatable bonds is 5. The van der Waals surface area contributed by atoms with E-state index in [2.05, 4.69) is 38.0 Å². The molecule has 0 bridgehead atoms. The van der Waals surface area contributed by atoms with Gasteiger partial charge >= 0.3 is 0 Å². The predicted octanol–water partition coefficient (Wildman–Crippen LogP) is 4.06. The molecule has 118 valence electrons. The predicted molar refractivity (Wildman–Crippen MR) is 88.1 cm³/mol. The van der Waals surface area contributed by atoms with Gasteiger partial charge in [-0.05, 0) is 50.6 Å². The van der Waals surface area contributed by atoms with Crippen molar-refractivity contribution in [2.75, 3.05) is 20.1 Å². The number of hydrogen-bond acceptors (Lipinski definition) is 2. The molecule has 0 heterocycles. The summed E-state index contributed by atoms with van der Waals surface area (Å²) in [6.07, 6.45) is 11.5. The Morgan fingerprint density at radius 2 is 1.75 bits per heavy atom. The first-order chi connectivity index (χ1) is 9.58. The summed E-state index contributed by atoms with van der Waals surface area (Å²) in [5, 5.41) is 3.65. The van der Waals surface area contributed by atoms with Gasteiger partial charge in [0.05, 0.1) is 0 Å². The minimum absolute atomic E-state index is 0.462. The molecule has 2 rings (SSSR count). The minimum atomic E-state index is 0.462. The SMILES string of the molecule is CCN(CC1CCCC(C)(C)C1NC)C1CCCCC1. The Morgan fingerprint density at radius 3 is 2.35 bits per heavy atom. The molecule has 2 aliphatic rings. The lowest BCUT2D eigenvalue weighted by Crippen LogP contribution is -2.53. The highest BCUT2D eigenvalue weighted by Gasteiger charge is 2.39. The second kappa shape index (κ2) is 7.26. The van der Waals surface area contributed by atoms with Crippen molar-refractivity contribution in [3.05, 3.63) is 0 Å². The van der Waals surface area contributed by atoms with Crippen molar-refractivity contribution in [3.8, 4) is 0 Å². The Hall–Kier alpha value is -0.0800. The average Bonchev–Trinajstić information content (AvgIpc) is 2.45. The summed E-state index contributed by atoms with van der Waals surface area (Å²) in [6, 6.07) is 1.56. The fourth-order valence-corrected chi connectivity index (χ4v) is 4.89. The van der Waals surface area contributed by atoms with Gasteiger partial charge in [0.1, 0.15) is 0 Å². The molecule has 2 saturated carbocycles. The smallest absolute Gasteiger partial charge is 0.0156 e. The van der Waals surface area contributed by atoms with Crippen molar-refractivity contribution >= 4 is 0 Å². The van der Waals surface area contributed by atoms with Gasteiger partial charge in [-0.1, -0.05) is 46.5 Å². The molecule has 2 fully saturated rings. The Labute approximate surface area is 126 Å². The van der Waals surface area contributed by atoms with Crippen LogP contribution in [0.1, 0.15) is 72.1 Å². The van der Waals surface area contributed by atoms with Crippen LogP contribution >= 0.6 is 0 Å². The van der Waals surface area contributed by atoms with E-state index in [9.17, 15) is 0 Å². The third-order valence-corrected chi connectivity index (χ3v) is 5.99. The molecule has 2 heteroatoms. The van der Waals surface area contributed by atoms with Gasteiger partial charge in [-0.15, -0.1) is 0 Å². The summed E-state index contributed by atoms with van der Waals surface area (Å²) in [4.78, 5) is 2.80. The van der Waals surface area contributed by atoms with Gasteiger partial charge in [-0.2, -0.15) is 0 Å². The number of hydrogen-bond donors (Lipinski definition) is 1. The van der Waals surface area contributed by atoms with E-state index in [0.717, 1.165) is 12.0 Å². The third kappa shape index (κ3) is 3.76. The highest BCUT2D eigenvalue weighted by Crippen LogP contribution is 2.39. The van der Waals surface area contributed by atoms with Gasteiger partial charge in [0.15, 0.2) is 0 Å². The second-order valence-electron chi connectivity index (χ2n) is 7.79. The maximum absolute atomic E-state index is 3.65. The maximum atomic E-state index is 3.65. The lowest BCUT2D eigenvalue weighted by molar-refractivity contribution is 0.0621. The quantitative estimate of drug-likeness (QED) is 0.817. The molecule has 2 unspecified atom stereocenters. The van der Waals surface area contributed by atoms with E-state index in [1.807, 2.05) is 0 Å². The Morgan fingerprint density at radius 1 is 1.05 bits per heavy atom. The summed E-state index contributed by atoms with van der Waals surface area (Å²) in [5.41, 5.74) is 0.462. The van der Waals surface area contributed by atoms with Crippen LogP contribution < -0.4 is 5.32 Å². The zero-order valence-corrected chi connectivity index (χ0v) is 14.3. The van der Waals surface area contributed by atoms with E-state index in [-0.39, 0.29) is 0 Å². The van der Waals surface area contributed by atoms with E-state index in [1.165, 1.54) is 64.5 Å². The molecule has 2 aliphatic carbocycles. The molecule has 1 N–H and O–H groups in total. The molecular formula is C18H36N2. The monoisotopic (exact) mass is 280 g/mol. The summed E-state index contributed by atoms with van der Waals surface area (Å²) < 4.78 is 0. The van der Waals surface area contributed by atoms with Crippen molar-refractivity contribution < 1.29 is 0 Å². The van der Waals surface area contributed by atoms with Crippen LogP contribution in [0.4, 0.5) is 0 Å². The van der Waals surface area contributed by atoms with Crippen LogP contribution in [0.15, 0.2) is 0 Å². The summed E-state index contributed by atoms with van der Waals surface area (Å²) in [6.45, 7) is 9.82. The van der Waals surface area contributed by atoms with E-state index >= 15 is 0 Å². The average molecular weight is 281 g/mol. The molecule has 0 spiro atoms. The van der Waals surface area contributed by atoms with Crippen LogP contribution in [-0.4, -0.2) is 37.1 Å². The lowest BCUT2D eigenvalue weighted by Gasteiger charge is -2.46. The first-order valence-corrected chi connectivity index (χ1v) is 8.99. The van der Waals surface area contributed by atoms with Crippen molar-refractivity contribution in [2.45, 2.75) is 84.2 Å². The summed E-state index contributed by atoms with van der Waals surface area (Å²) >= 11 is 0.